The molecule has 4 fully saturated rings. The number of halogens is 1. The summed E-state index contributed by atoms with van der Waals surface area (Å²) in [5.74, 6) is 0.387. The zero-order valence-electron chi connectivity index (χ0n) is 10.3. The van der Waals surface area contributed by atoms with Crippen LogP contribution in [-0.2, 0) is 5.41 Å². The molecular formula is C14H18FN3. The minimum atomic E-state index is -0.204. The van der Waals surface area contributed by atoms with E-state index in [1.807, 2.05) is 12.1 Å². The van der Waals surface area contributed by atoms with Crippen molar-refractivity contribution in [1.29, 1.82) is 0 Å². The molecule has 0 spiro atoms. The van der Waals surface area contributed by atoms with Gasteiger partial charge in [0.1, 0.15) is 5.82 Å². The minimum Gasteiger partial charge on any atom is -0.326 e. The lowest BCUT2D eigenvalue weighted by Crippen LogP contribution is -2.77. The highest BCUT2D eigenvalue weighted by atomic mass is 19.1. The molecule has 4 saturated heterocycles. The molecule has 5 rings (SSSR count). The van der Waals surface area contributed by atoms with Gasteiger partial charge in [0.15, 0.2) is 0 Å². The van der Waals surface area contributed by atoms with Crippen LogP contribution in [-0.4, -0.2) is 48.7 Å². The van der Waals surface area contributed by atoms with Crippen molar-refractivity contribution in [3.63, 3.8) is 0 Å². The molecular weight excluding hydrogens is 229 g/mol. The van der Waals surface area contributed by atoms with E-state index in [1.54, 1.807) is 12.1 Å². The number of hydrogen-bond acceptors (Lipinski definition) is 3. The van der Waals surface area contributed by atoms with E-state index in [1.165, 1.54) is 0 Å². The lowest BCUT2D eigenvalue weighted by molar-refractivity contribution is -0.100. The van der Waals surface area contributed by atoms with Gasteiger partial charge in [0.2, 0.25) is 0 Å². The van der Waals surface area contributed by atoms with Gasteiger partial charge in [0.25, 0.3) is 0 Å². The van der Waals surface area contributed by atoms with E-state index in [0.717, 1.165) is 38.4 Å². The number of benzene rings is 1. The zero-order valence-corrected chi connectivity index (χ0v) is 10.3. The van der Waals surface area contributed by atoms with Crippen molar-refractivity contribution in [3.8, 4) is 0 Å². The minimum absolute atomic E-state index is 0.0854. The van der Waals surface area contributed by atoms with Crippen LogP contribution in [0.1, 0.15) is 5.56 Å². The first kappa shape index (κ1) is 10.9. The second-order valence-electron chi connectivity index (χ2n) is 6.09. The first-order valence-electron chi connectivity index (χ1n) is 6.64. The van der Waals surface area contributed by atoms with Crippen LogP contribution < -0.4 is 5.73 Å². The normalized spacial score (nSPS) is 45.4. The van der Waals surface area contributed by atoms with Crippen LogP contribution in [0.25, 0.3) is 0 Å². The van der Waals surface area contributed by atoms with Crippen molar-refractivity contribution in [1.82, 2.24) is 9.80 Å². The molecule has 1 aromatic carbocycles. The van der Waals surface area contributed by atoms with Gasteiger partial charge in [-0.3, -0.25) is 9.80 Å². The Kier molecular flexibility index (Phi) is 2.14. The second-order valence-corrected chi connectivity index (χ2v) is 6.09. The molecule has 4 heteroatoms. The predicted molar refractivity (Wildman–Crippen MR) is 67.6 cm³/mol. The summed E-state index contributed by atoms with van der Waals surface area (Å²) in [5, 5.41) is 0. The SMILES string of the molecule is NC1C2CN3CN(C2)CC1(c1ccccc1F)C3. The van der Waals surface area contributed by atoms with E-state index in [-0.39, 0.29) is 17.3 Å². The third kappa shape index (κ3) is 1.28. The first-order chi connectivity index (χ1) is 8.69. The van der Waals surface area contributed by atoms with Crippen molar-refractivity contribution in [2.24, 2.45) is 11.7 Å². The van der Waals surface area contributed by atoms with Gasteiger partial charge in [0, 0.05) is 43.6 Å². The summed E-state index contributed by atoms with van der Waals surface area (Å²) >= 11 is 0. The maximum absolute atomic E-state index is 14.2. The summed E-state index contributed by atoms with van der Waals surface area (Å²) in [5.41, 5.74) is 7.10. The van der Waals surface area contributed by atoms with Gasteiger partial charge in [-0.15, -0.1) is 0 Å². The van der Waals surface area contributed by atoms with Crippen molar-refractivity contribution in [2.75, 3.05) is 32.8 Å². The van der Waals surface area contributed by atoms with E-state index < -0.39 is 0 Å². The molecule has 0 saturated carbocycles. The molecule has 3 atom stereocenters. The molecule has 4 aliphatic heterocycles. The maximum Gasteiger partial charge on any atom is 0.127 e. The molecule has 1 aromatic rings. The zero-order chi connectivity index (χ0) is 12.3. The van der Waals surface area contributed by atoms with Crippen LogP contribution in [0.4, 0.5) is 4.39 Å². The van der Waals surface area contributed by atoms with Crippen molar-refractivity contribution < 1.29 is 4.39 Å². The van der Waals surface area contributed by atoms with Crippen molar-refractivity contribution in [3.05, 3.63) is 35.6 Å². The summed E-state index contributed by atoms with van der Waals surface area (Å²) in [6, 6.07) is 7.25. The number of rotatable bonds is 1. The van der Waals surface area contributed by atoms with Gasteiger partial charge < -0.3 is 5.73 Å². The largest absolute Gasteiger partial charge is 0.326 e. The van der Waals surface area contributed by atoms with E-state index in [2.05, 4.69) is 9.80 Å². The summed E-state index contributed by atoms with van der Waals surface area (Å²) in [6.07, 6.45) is 0. The third-order valence-corrected chi connectivity index (χ3v) is 4.95. The first-order valence-corrected chi connectivity index (χ1v) is 6.64. The highest BCUT2D eigenvalue weighted by Crippen LogP contribution is 2.44. The Balaban J connectivity index is 1.85. The fourth-order valence-electron chi connectivity index (χ4n) is 4.30. The number of nitrogens with zero attached hydrogens (tertiary/aromatic N) is 2. The van der Waals surface area contributed by atoms with Gasteiger partial charge in [-0.05, 0) is 11.6 Å². The monoisotopic (exact) mass is 247 g/mol. The smallest absolute Gasteiger partial charge is 0.127 e. The molecule has 3 unspecified atom stereocenters. The highest BCUT2D eigenvalue weighted by Gasteiger charge is 2.56. The van der Waals surface area contributed by atoms with Gasteiger partial charge in [0.05, 0.1) is 6.67 Å². The van der Waals surface area contributed by atoms with Crippen LogP contribution in [0.3, 0.4) is 0 Å². The Bertz CT molecular complexity index is 476. The molecule has 0 radical (unpaired) electrons. The number of hydrogen-bond donors (Lipinski definition) is 1. The van der Waals surface area contributed by atoms with Crippen LogP contribution in [0.2, 0.25) is 0 Å². The Labute approximate surface area is 106 Å². The fraction of sp³-hybridized carbons (Fsp3) is 0.571. The van der Waals surface area contributed by atoms with E-state index >= 15 is 0 Å². The van der Waals surface area contributed by atoms with Crippen LogP contribution in [0.15, 0.2) is 24.3 Å². The topological polar surface area (TPSA) is 32.5 Å². The lowest BCUT2D eigenvalue weighted by atomic mass is 9.63. The second kappa shape index (κ2) is 3.53. The van der Waals surface area contributed by atoms with Gasteiger partial charge >= 0.3 is 0 Å². The van der Waals surface area contributed by atoms with E-state index in [9.17, 15) is 4.39 Å². The average molecular weight is 247 g/mol. The van der Waals surface area contributed by atoms with Gasteiger partial charge in [-0.25, -0.2) is 4.39 Å². The quantitative estimate of drug-likeness (QED) is 0.789. The molecule has 4 heterocycles. The number of piperidine rings is 2. The molecule has 3 nitrogen and oxygen atoms in total. The molecule has 2 N–H and O–H groups in total. The van der Waals surface area contributed by atoms with Crippen LogP contribution in [0, 0.1) is 11.7 Å². The highest BCUT2D eigenvalue weighted by molar-refractivity contribution is 5.34. The van der Waals surface area contributed by atoms with E-state index in [0.29, 0.717) is 5.92 Å². The third-order valence-electron chi connectivity index (χ3n) is 4.95. The van der Waals surface area contributed by atoms with Crippen molar-refractivity contribution >= 4 is 0 Å². The molecule has 96 valence electrons. The predicted octanol–water partition coefficient (Wildman–Crippen LogP) is 0.609. The van der Waals surface area contributed by atoms with Gasteiger partial charge in [-0.2, -0.15) is 0 Å². The molecule has 0 amide bonds. The Morgan fingerprint density at radius 2 is 1.83 bits per heavy atom. The molecule has 0 aliphatic carbocycles. The fourth-order valence-corrected chi connectivity index (χ4v) is 4.30. The Hall–Kier alpha value is -0.970. The maximum atomic E-state index is 14.2. The molecule has 0 aromatic heterocycles. The average Bonchev–Trinajstić information content (AvgIpc) is 2.35. The van der Waals surface area contributed by atoms with Crippen LogP contribution in [0.5, 0.6) is 0 Å². The van der Waals surface area contributed by atoms with Crippen LogP contribution >= 0.6 is 0 Å². The van der Waals surface area contributed by atoms with Gasteiger partial charge in [-0.1, -0.05) is 18.2 Å². The Morgan fingerprint density at radius 3 is 2.50 bits per heavy atom. The van der Waals surface area contributed by atoms with Crippen molar-refractivity contribution in [2.45, 2.75) is 11.5 Å². The molecule has 4 aliphatic rings. The molecule has 4 bridgehead atoms. The molecule has 18 heavy (non-hydrogen) atoms. The summed E-state index contributed by atoms with van der Waals surface area (Å²) in [4.78, 5) is 4.85. The summed E-state index contributed by atoms with van der Waals surface area (Å²) < 4.78 is 14.2. The summed E-state index contributed by atoms with van der Waals surface area (Å²) in [6.45, 7) is 4.99. The Morgan fingerprint density at radius 1 is 1.17 bits per heavy atom. The summed E-state index contributed by atoms with van der Waals surface area (Å²) in [7, 11) is 0. The van der Waals surface area contributed by atoms with E-state index in [4.69, 9.17) is 5.73 Å². The standard InChI is InChI=1S/C14H18FN3/c15-12-4-2-1-3-11(12)14-7-17-5-10(13(14)16)6-18(8-14)9-17/h1-4,10,13H,5-9,16H2. The lowest BCUT2D eigenvalue weighted by Gasteiger charge is -2.62. The number of nitrogens with two attached hydrogens (primary N) is 1.